The second-order valence-corrected chi connectivity index (χ2v) is 9.56. The standard InChI is InChI=1S/C33H40N4O4/c1-6-37(7-2)19-21-41-29-15-11-27(12-16-29)35-33-34-24(3)22-30(36-33)26-9-13-28(14-10-26)40-20-18-25-8-17-31(38-4)32(23-25)39-5/h8-17,22-23H,6-7,18-21H2,1-5H3,(H,34,35,36). The van der Waals surface area contributed by atoms with Crippen LogP contribution in [0.15, 0.2) is 72.8 Å². The SMILES string of the molecule is CCN(CC)CCOc1ccc(Nc2nc(C)cc(-c3ccc(OCCc4ccc(OC)c(OC)c4)cc3)n2)cc1. The Morgan fingerprint density at radius 2 is 1.39 bits per heavy atom. The second kappa shape index (κ2) is 14.9. The van der Waals surface area contributed by atoms with Crippen molar-refractivity contribution in [2.24, 2.45) is 0 Å². The molecule has 216 valence electrons. The summed E-state index contributed by atoms with van der Waals surface area (Å²) in [4.78, 5) is 11.7. The number of anilines is 2. The fraction of sp³-hybridized carbons (Fsp3) is 0.333. The minimum atomic E-state index is 0.547. The van der Waals surface area contributed by atoms with Crippen LogP contribution in [0.1, 0.15) is 25.1 Å². The first-order valence-corrected chi connectivity index (χ1v) is 14.0. The van der Waals surface area contributed by atoms with Crippen LogP contribution in [0.3, 0.4) is 0 Å². The van der Waals surface area contributed by atoms with E-state index in [-0.39, 0.29) is 0 Å². The maximum Gasteiger partial charge on any atom is 0.227 e. The van der Waals surface area contributed by atoms with Gasteiger partial charge in [-0.3, -0.25) is 0 Å². The van der Waals surface area contributed by atoms with Crippen molar-refractivity contribution in [2.75, 3.05) is 52.4 Å². The van der Waals surface area contributed by atoms with Crippen LogP contribution in [0.5, 0.6) is 23.0 Å². The van der Waals surface area contributed by atoms with Gasteiger partial charge >= 0.3 is 0 Å². The number of nitrogens with zero attached hydrogens (tertiary/aromatic N) is 3. The van der Waals surface area contributed by atoms with E-state index in [1.807, 2.05) is 79.7 Å². The summed E-state index contributed by atoms with van der Waals surface area (Å²) < 4.78 is 22.6. The molecule has 8 nitrogen and oxygen atoms in total. The first-order chi connectivity index (χ1) is 20.0. The quantitative estimate of drug-likeness (QED) is 0.177. The average Bonchev–Trinajstić information content (AvgIpc) is 3.00. The van der Waals surface area contributed by atoms with Crippen LogP contribution >= 0.6 is 0 Å². The molecular formula is C33H40N4O4. The number of ether oxygens (including phenoxy) is 4. The zero-order valence-corrected chi connectivity index (χ0v) is 24.6. The number of hydrogen-bond donors (Lipinski definition) is 1. The normalized spacial score (nSPS) is 10.9. The Bertz CT molecular complexity index is 1370. The molecule has 0 amide bonds. The fourth-order valence-electron chi connectivity index (χ4n) is 4.41. The highest BCUT2D eigenvalue weighted by molar-refractivity contribution is 5.63. The summed E-state index contributed by atoms with van der Waals surface area (Å²) in [5.74, 6) is 3.63. The van der Waals surface area contributed by atoms with Crippen molar-refractivity contribution in [1.29, 1.82) is 0 Å². The number of likely N-dealkylation sites (N-methyl/N-ethyl adjacent to an activating group) is 1. The van der Waals surface area contributed by atoms with Crippen molar-refractivity contribution in [3.63, 3.8) is 0 Å². The zero-order chi connectivity index (χ0) is 29.0. The monoisotopic (exact) mass is 556 g/mol. The van der Waals surface area contributed by atoms with Crippen LogP contribution in [0.25, 0.3) is 11.3 Å². The summed E-state index contributed by atoms with van der Waals surface area (Å²) in [6, 6.07) is 23.7. The van der Waals surface area contributed by atoms with Gasteiger partial charge in [-0.15, -0.1) is 0 Å². The van der Waals surface area contributed by atoms with Gasteiger partial charge in [0.2, 0.25) is 5.95 Å². The maximum absolute atomic E-state index is 5.98. The molecule has 4 rings (SSSR count). The van der Waals surface area contributed by atoms with E-state index in [1.54, 1.807) is 14.2 Å². The van der Waals surface area contributed by atoms with Gasteiger partial charge in [-0.1, -0.05) is 19.9 Å². The molecule has 0 fully saturated rings. The Hall–Kier alpha value is -4.30. The first-order valence-electron chi connectivity index (χ1n) is 14.0. The third-order valence-electron chi connectivity index (χ3n) is 6.79. The molecule has 0 radical (unpaired) electrons. The second-order valence-electron chi connectivity index (χ2n) is 9.56. The Morgan fingerprint density at radius 1 is 0.732 bits per heavy atom. The summed E-state index contributed by atoms with van der Waals surface area (Å²) in [6.45, 7) is 10.5. The van der Waals surface area contributed by atoms with E-state index < -0.39 is 0 Å². The predicted molar refractivity (Wildman–Crippen MR) is 164 cm³/mol. The molecule has 8 heteroatoms. The highest BCUT2D eigenvalue weighted by Gasteiger charge is 2.08. The number of benzene rings is 3. The molecule has 0 bridgehead atoms. The summed E-state index contributed by atoms with van der Waals surface area (Å²) in [5.41, 5.74) is 4.73. The molecule has 0 atom stereocenters. The minimum Gasteiger partial charge on any atom is -0.493 e. The summed E-state index contributed by atoms with van der Waals surface area (Å²) >= 11 is 0. The minimum absolute atomic E-state index is 0.547. The third kappa shape index (κ3) is 8.59. The number of nitrogens with one attached hydrogen (secondary N) is 1. The molecule has 0 unspecified atom stereocenters. The summed E-state index contributed by atoms with van der Waals surface area (Å²) in [6.07, 6.45) is 0.756. The van der Waals surface area contributed by atoms with Gasteiger partial charge in [0.15, 0.2) is 11.5 Å². The molecule has 0 aliphatic rings. The molecule has 4 aromatic rings. The van der Waals surface area contributed by atoms with Gasteiger partial charge in [-0.2, -0.15) is 0 Å². The molecule has 3 aromatic carbocycles. The smallest absolute Gasteiger partial charge is 0.227 e. The van der Waals surface area contributed by atoms with E-state index >= 15 is 0 Å². The van der Waals surface area contributed by atoms with E-state index in [0.29, 0.717) is 19.2 Å². The Balaban J connectivity index is 1.32. The number of aromatic nitrogens is 2. The Morgan fingerprint density at radius 3 is 2.05 bits per heavy atom. The molecule has 0 saturated heterocycles. The van der Waals surface area contributed by atoms with Crippen molar-refractivity contribution in [2.45, 2.75) is 27.2 Å². The lowest BCUT2D eigenvalue weighted by Gasteiger charge is -2.18. The van der Waals surface area contributed by atoms with Crippen molar-refractivity contribution in [1.82, 2.24) is 14.9 Å². The molecule has 0 saturated carbocycles. The number of aryl methyl sites for hydroxylation is 1. The Kier molecular flexibility index (Phi) is 10.8. The fourth-order valence-corrected chi connectivity index (χ4v) is 4.41. The van der Waals surface area contributed by atoms with E-state index in [1.165, 1.54) is 0 Å². The lowest BCUT2D eigenvalue weighted by atomic mass is 10.1. The number of rotatable bonds is 15. The zero-order valence-electron chi connectivity index (χ0n) is 24.6. The highest BCUT2D eigenvalue weighted by Crippen LogP contribution is 2.28. The van der Waals surface area contributed by atoms with Gasteiger partial charge in [-0.25, -0.2) is 9.97 Å². The first kappa shape index (κ1) is 29.7. The highest BCUT2D eigenvalue weighted by atomic mass is 16.5. The van der Waals surface area contributed by atoms with Crippen LogP contribution in [0.2, 0.25) is 0 Å². The lowest BCUT2D eigenvalue weighted by Crippen LogP contribution is -2.27. The average molecular weight is 557 g/mol. The molecule has 0 aliphatic heterocycles. The third-order valence-corrected chi connectivity index (χ3v) is 6.79. The molecule has 0 aliphatic carbocycles. The van der Waals surface area contributed by atoms with E-state index in [0.717, 1.165) is 77.3 Å². The van der Waals surface area contributed by atoms with Gasteiger partial charge in [0.05, 0.1) is 26.5 Å². The predicted octanol–water partition coefficient (Wildman–Crippen LogP) is 6.55. The van der Waals surface area contributed by atoms with Gasteiger partial charge in [0.1, 0.15) is 18.1 Å². The van der Waals surface area contributed by atoms with E-state index in [9.17, 15) is 0 Å². The maximum atomic E-state index is 5.98. The van der Waals surface area contributed by atoms with Crippen molar-refractivity contribution < 1.29 is 18.9 Å². The molecule has 1 heterocycles. The van der Waals surface area contributed by atoms with Crippen LogP contribution in [0.4, 0.5) is 11.6 Å². The summed E-state index contributed by atoms with van der Waals surface area (Å²) in [7, 11) is 3.27. The topological polar surface area (TPSA) is 78.0 Å². The van der Waals surface area contributed by atoms with Crippen molar-refractivity contribution in [3.05, 3.63) is 84.1 Å². The van der Waals surface area contributed by atoms with Crippen LogP contribution < -0.4 is 24.3 Å². The van der Waals surface area contributed by atoms with Gasteiger partial charge < -0.3 is 29.2 Å². The van der Waals surface area contributed by atoms with Gasteiger partial charge in [-0.05, 0) is 92.3 Å². The van der Waals surface area contributed by atoms with Crippen molar-refractivity contribution in [3.8, 4) is 34.3 Å². The molecular weight excluding hydrogens is 516 g/mol. The largest absolute Gasteiger partial charge is 0.493 e. The van der Waals surface area contributed by atoms with Crippen LogP contribution in [0, 0.1) is 6.92 Å². The van der Waals surface area contributed by atoms with Gasteiger partial charge in [0, 0.05) is 29.9 Å². The van der Waals surface area contributed by atoms with Crippen LogP contribution in [-0.4, -0.2) is 61.9 Å². The van der Waals surface area contributed by atoms with E-state index in [4.69, 9.17) is 23.9 Å². The summed E-state index contributed by atoms with van der Waals surface area (Å²) in [5, 5.41) is 3.32. The van der Waals surface area contributed by atoms with Crippen molar-refractivity contribution >= 4 is 11.6 Å². The number of hydrogen-bond acceptors (Lipinski definition) is 8. The molecule has 41 heavy (non-hydrogen) atoms. The molecule has 1 N–H and O–H groups in total. The van der Waals surface area contributed by atoms with Gasteiger partial charge in [0.25, 0.3) is 0 Å². The molecule has 1 aromatic heterocycles. The Labute approximate surface area is 243 Å². The van der Waals surface area contributed by atoms with Crippen LogP contribution in [-0.2, 0) is 6.42 Å². The van der Waals surface area contributed by atoms with E-state index in [2.05, 4.69) is 29.0 Å². The number of methoxy groups -OCH3 is 2. The lowest BCUT2D eigenvalue weighted by molar-refractivity contribution is 0.223. The molecule has 0 spiro atoms.